The number of hydrogen-bond acceptors (Lipinski definition) is 1. The van der Waals surface area contributed by atoms with Crippen LogP contribution in [0.15, 0.2) is 48.5 Å². The summed E-state index contributed by atoms with van der Waals surface area (Å²) < 4.78 is 56.5. The lowest BCUT2D eigenvalue weighted by molar-refractivity contribution is 0.0692. The van der Waals surface area contributed by atoms with Crippen molar-refractivity contribution >= 4 is 5.97 Å². The lowest BCUT2D eigenvalue weighted by Crippen LogP contribution is -2.12. The van der Waals surface area contributed by atoms with Crippen LogP contribution in [0, 0.1) is 29.2 Å². The smallest absolute Gasteiger partial charge is 0.338 e. The maximum absolute atomic E-state index is 15.2. The lowest BCUT2D eigenvalue weighted by atomic mass is 9.77. The van der Waals surface area contributed by atoms with E-state index in [4.69, 9.17) is 0 Å². The van der Waals surface area contributed by atoms with E-state index in [-0.39, 0.29) is 16.7 Å². The van der Waals surface area contributed by atoms with Gasteiger partial charge in [0.05, 0.1) is 5.56 Å². The molecule has 1 aliphatic rings. The number of benzene rings is 3. The SMILES string of the molecule is CCC1CCC(c2ccc(-c3ccc(C(=O)O)c(F)c3-c3cc(F)c(F)c(F)c3)cc2)CC1. The van der Waals surface area contributed by atoms with Crippen LogP contribution in [0.5, 0.6) is 0 Å². The minimum atomic E-state index is -1.67. The van der Waals surface area contributed by atoms with Gasteiger partial charge in [0.1, 0.15) is 5.82 Å². The van der Waals surface area contributed by atoms with Crippen LogP contribution >= 0.6 is 0 Å². The molecule has 0 unspecified atom stereocenters. The molecule has 33 heavy (non-hydrogen) atoms. The molecule has 1 N–H and O–H groups in total. The summed E-state index contributed by atoms with van der Waals surface area (Å²) in [7, 11) is 0. The average molecular weight is 456 g/mol. The van der Waals surface area contributed by atoms with E-state index < -0.39 is 34.8 Å². The Kier molecular flexibility index (Phi) is 6.54. The molecule has 0 saturated heterocycles. The molecule has 0 aliphatic heterocycles. The zero-order valence-corrected chi connectivity index (χ0v) is 18.2. The predicted octanol–water partition coefficient (Wildman–Crippen LogP) is 7.96. The quantitative estimate of drug-likeness (QED) is 0.312. The molecule has 6 heteroatoms. The molecule has 0 heterocycles. The Hall–Kier alpha value is -3.15. The molecular formula is C27H24F4O2. The summed E-state index contributed by atoms with van der Waals surface area (Å²) >= 11 is 0. The first kappa shape index (κ1) is 23.0. The third kappa shape index (κ3) is 4.52. The molecule has 0 bridgehead atoms. The minimum absolute atomic E-state index is 0.268. The van der Waals surface area contributed by atoms with Crippen molar-refractivity contribution < 1.29 is 27.5 Å². The molecule has 3 aromatic carbocycles. The first-order valence-corrected chi connectivity index (χ1v) is 11.1. The number of halogens is 4. The standard InChI is InChI=1S/C27H24F4O2/c1-2-15-3-5-16(6-4-15)17-7-9-18(10-8-17)20-11-12-21(27(32)33)25(30)24(20)19-13-22(28)26(31)23(29)14-19/h7-16H,2-6H2,1H3,(H,32,33). The van der Waals surface area contributed by atoms with Crippen molar-refractivity contribution in [2.75, 3.05) is 0 Å². The zero-order chi connectivity index (χ0) is 23.7. The van der Waals surface area contributed by atoms with Gasteiger partial charge in [-0.15, -0.1) is 0 Å². The predicted molar refractivity (Wildman–Crippen MR) is 119 cm³/mol. The normalized spacial score (nSPS) is 18.3. The highest BCUT2D eigenvalue weighted by Crippen LogP contribution is 2.40. The molecule has 0 amide bonds. The van der Waals surface area contributed by atoms with Crippen LogP contribution in [0.25, 0.3) is 22.3 Å². The van der Waals surface area contributed by atoms with Crippen molar-refractivity contribution in [2.45, 2.75) is 44.9 Å². The summed E-state index contributed by atoms with van der Waals surface area (Å²) in [5.74, 6) is -6.04. The van der Waals surface area contributed by atoms with E-state index in [1.807, 2.05) is 12.1 Å². The maximum Gasteiger partial charge on any atom is 0.338 e. The van der Waals surface area contributed by atoms with Crippen LogP contribution in [-0.2, 0) is 0 Å². The van der Waals surface area contributed by atoms with Gasteiger partial charge in [0.15, 0.2) is 17.5 Å². The molecule has 3 aromatic rings. The summed E-state index contributed by atoms with van der Waals surface area (Å²) in [5, 5.41) is 9.32. The Morgan fingerprint density at radius 1 is 0.848 bits per heavy atom. The second-order valence-electron chi connectivity index (χ2n) is 8.66. The monoisotopic (exact) mass is 456 g/mol. The van der Waals surface area contributed by atoms with Gasteiger partial charge < -0.3 is 5.11 Å². The van der Waals surface area contributed by atoms with Crippen LogP contribution in [-0.4, -0.2) is 11.1 Å². The average Bonchev–Trinajstić information content (AvgIpc) is 2.82. The van der Waals surface area contributed by atoms with Gasteiger partial charge in [-0.25, -0.2) is 22.4 Å². The number of aromatic carboxylic acids is 1. The number of carbonyl (C=O) groups is 1. The van der Waals surface area contributed by atoms with Gasteiger partial charge in [0, 0.05) is 5.56 Å². The highest BCUT2D eigenvalue weighted by molar-refractivity contribution is 5.94. The summed E-state index contributed by atoms with van der Waals surface area (Å²) in [4.78, 5) is 11.5. The molecule has 1 saturated carbocycles. The molecule has 0 aromatic heterocycles. The van der Waals surface area contributed by atoms with Crippen molar-refractivity contribution in [1.29, 1.82) is 0 Å². The van der Waals surface area contributed by atoms with Gasteiger partial charge in [-0.2, -0.15) is 0 Å². The maximum atomic E-state index is 15.2. The summed E-state index contributed by atoms with van der Waals surface area (Å²) in [6.45, 7) is 2.21. The Morgan fingerprint density at radius 3 is 2.00 bits per heavy atom. The molecule has 1 aliphatic carbocycles. The third-order valence-electron chi connectivity index (χ3n) is 6.76. The van der Waals surface area contributed by atoms with Crippen molar-refractivity contribution in [3.05, 3.63) is 82.9 Å². The van der Waals surface area contributed by atoms with Gasteiger partial charge in [-0.05, 0) is 78.0 Å². The second-order valence-corrected chi connectivity index (χ2v) is 8.66. The first-order chi connectivity index (χ1) is 15.8. The lowest BCUT2D eigenvalue weighted by Gasteiger charge is -2.28. The van der Waals surface area contributed by atoms with Crippen molar-refractivity contribution in [3.63, 3.8) is 0 Å². The molecule has 0 radical (unpaired) electrons. The van der Waals surface area contributed by atoms with E-state index >= 15 is 4.39 Å². The van der Waals surface area contributed by atoms with Crippen LogP contribution in [0.4, 0.5) is 17.6 Å². The van der Waals surface area contributed by atoms with Gasteiger partial charge in [-0.3, -0.25) is 0 Å². The summed E-state index contributed by atoms with van der Waals surface area (Å²) in [5.41, 5.74) is 0.813. The fourth-order valence-corrected chi connectivity index (χ4v) is 4.80. The van der Waals surface area contributed by atoms with E-state index in [9.17, 15) is 23.1 Å². The third-order valence-corrected chi connectivity index (χ3v) is 6.76. The zero-order valence-electron chi connectivity index (χ0n) is 18.2. The Bertz CT molecular complexity index is 1160. The minimum Gasteiger partial charge on any atom is -0.478 e. The van der Waals surface area contributed by atoms with Gasteiger partial charge in [0.25, 0.3) is 0 Å². The molecule has 2 nitrogen and oxygen atoms in total. The van der Waals surface area contributed by atoms with E-state index in [2.05, 4.69) is 6.92 Å². The Morgan fingerprint density at radius 2 is 1.45 bits per heavy atom. The molecule has 0 spiro atoms. The highest BCUT2D eigenvalue weighted by Gasteiger charge is 2.24. The van der Waals surface area contributed by atoms with Crippen LogP contribution in [0.2, 0.25) is 0 Å². The summed E-state index contributed by atoms with van der Waals surface area (Å²) in [6, 6.07) is 11.4. The van der Waals surface area contributed by atoms with Gasteiger partial charge in [-0.1, -0.05) is 43.7 Å². The van der Waals surface area contributed by atoms with Crippen molar-refractivity contribution in [3.8, 4) is 22.3 Å². The Balaban J connectivity index is 1.77. The number of carboxylic acids is 1. The molecule has 1 fully saturated rings. The van der Waals surface area contributed by atoms with Gasteiger partial charge >= 0.3 is 5.97 Å². The Labute approximate surface area is 189 Å². The number of hydrogen-bond donors (Lipinski definition) is 1. The van der Waals surface area contributed by atoms with E-state index in [0.717, 1.165) is 24.8 Å². The number of carboxylic acid groups (broad SMARTS) is 1. The highest BCUT2D eigenvalue weighted by atomic mass is 19.2. The first-order valence-electron chi connectivity index (χ1n) is 11.1. The second kappa shape index (κ2) is 9.38. The molecular weight excluding hydrogens is 432 g/mol. The van der Waals surface area contributed by atoms with Crippen LogP contribution in [0.1, 0.15) is 60.9 Å². The largest absolute Gasteiger partial charge is 0.478 e. The van der Waals surface area contributed by atoms with Crippen molar-refractivity contribution in [1.82, 2.24) is 0 Å². The fraction of sp³-hybridized carbons (Fsp3) is 0.296. The number of rotatable bonds is 5. The topological polar surface area (TPSA) is 37.3 Å². The van der Waals surface area contributed by atoms with Crippen LogP contribution in [0.3, 0.4) is 0 Å². The molecule has 172 valence electrons. The molecule has 4 rings (SSSR count). The van der Waals surface area contributed by atoms with Crippen molar-refractivity contribution in [2.24, 2.45) is 5.92 Å². The van der Waals surface area contributed by atoms with E-state index in [0.29, 0.717) is 23.6 Å². The fourth-order valence-electron chi connectivity index (χ4n) is 4.80. The van der Waals surface area contributed by atoms with E-state index in [1.54, 1.807) is 12.1 Å². The van der Waals surface area contributed by atoms with Crippen LogP contribution < -0.4 is 0 Å². The molecule has 0 atom stereocenters. The van der Waals surface area contributed by atoms with Gasteiger partial charge in [0.2, 0.25) is 0 Å². The van der Waals surface area contributed by atoms with E-state index in [1.165, 1.54) is 30.9 Å². The summed E-state index contributed by atoms with van der Waals surface area (Å²) in [6.07, 6.45) is 5.79.